The largest absolute Gasteiger partial charge is 0.497 e. The van der Waals surface area contributed by atoms with Gasteiger partial charge in [0.25, 0.3) is 0 Å². The number of benzene rings is 1. The molecule has 2 heterocycles. The van der Waals surface area contributed by atoms with Crippen molar-refractivity contribution in [3.05, 3.63) is 48.4 Å². The average molecular weight is 385 g/mol. The second-order valence-corrected chi connectivity index (χ2v) is 6.63. The zero-order valence-corrected chi connectivity index (χ0v) is 15.8. The maximum atomic E-state index is 12.5. The lowest BCUT2D eigenvalue weighted by Gasteiger charge is -2.18. The number of nitrogens with one attached hydrogen (secondary N) is 2. The summed E-state index contributed by atoms with van der Waals surface area (Å²) >= 11 is 0. The molecule has 2 unspecified atom stereocenters. The van der Waals surface area contributed by atoms with E-state index in [4.69, 9.17) is 9.15 Å². The van der Waals surface area contributed by atoms with Crippen molar-refractivity contribution in [3.8, 4) is 5.75 Å². The van der Waals surface area contributed by atoms with Gasteiger partial charge < -0.3 is 24.7 Å². The fraction of sp³-hybridized carbons (Fsp3) is 0.350. The van der Waals surface area contributed by atoms with Crippen molar-refractivity contribution < 1.29 is 23.5 Å². The first-order valence-corrected chi connectivity index (χ1v) is 9.03. The smallest absolute Gasteiger partial charge is 0.242 e. The SMILES string of the molecule is COc1ccc(N2CC(C(=O)NC(C)C(=O)NCc3ccco3)CC2=O)cc1. The van der Waals surface area contributed by atoms with E-state index in [0.29, 0.717) is 17.2 Å². The maximum absolute atomic E-state index is 12.5. The predicted molar refractivity (Wildman–Crippen MR) is 102 cm³/mol. The van der Waals surface area contributed by atoms with E-state index in [1.807, 2.05) is 0 Å². The molecule has 3 amide bonds. The standard InChI is InChI=1S/C20H23N3O5/c1-13(19(25)21-11-17-4-3-9-28-17)22-20(26)14-10-18(24)23(12-14)15-5-7-16(27-2)8-6-15/h3-9,13-14H,10-12H2,1-2H3,(H,21,25)(H,22,26). The molecule has 0 aliphatic carbocycles. The van der Waals surface area contributed by atoms with Crippen LogP contribution in [0.3, 0.4) is 0 Å². The summed E-state index contributed by atoms with van der Waals surface area (Å²) in [6.07, 6.45) is 1.64. The van der Waals surface area contributed by atoms with E-state index < -0.39 is 12.0 Å². The molecule has 28 heavy (non-hydrogen) atoms. The summed E-state index contributed by atoms with van der Waals surface area (Å²) in [5.74, 6) is 0.0590. The van der Waals surface area contributed by atoms with Gasteiger partial charge in [0, 0.05) is 18.7 Å². The van der Waals surface area contributed by atoms with Crippen LogP contribution in [0.5, 0.6) is 5.75 Å². The molecule has 0 saturated carbocycles. The molecule has 2 N–H and O–H groups in total. The van der Waals surface area contributed by atoms with Crippen molar-refractivity contribution in [2.24, 2.45) is 5.92 Å². The molecule has 0 bridgehead atoms. The van der Waals surface area contributed by atoms with E-state index in [0.717, 1.165) is 0 Å². The molecule has 1 aliphatic heterocycles. The molecule has 0 radical (unpaired) electrons. The average Bonchev–Trinajstić information content (AvgIpc) is 3.35. The fourth-order valence-corrected chi connectivity index (χ4v) is 3.03. The number of carbonyl (C=O) groups excluding carboxylic acids is 3. The van der Waals surface area contributed by atoms with Crippen LogP contribution in [-0.2, 0) is 20.9 Å². The maximum Gasteiger partial charge on any atom is 0.242 e. The van der Waals surface area contributed by atoms with Crippen molar-refractivity contribution in [3.63, 3.8) is 0 Å². The Kier molecular flexibility index (Phi) is 5.98. The number of anilines is 1. The highest BCUT2D eigenvalue weighted by Gasteiger charge is 2.36. The van der Waals surface area contributed by atoms with Gasteiger partial charge in [0.05, 0.1) is 25.8 Å². The Morgan fingerprint density at radius 1 is 1.29 bits per heavy atom. The van der Waals surface area contributed by atoms with E-state index in [-0.39, 0.29) is 37.2 Å². The number of ether oxygens (including phenoxy) is 1. The number of furan rings is 1. The Morgan fingerprint density at radius 3 is 2.68 bits per heavy atom. The molecule has 1 fully saturated rings. The summed E-state index contributed by atoms with van der Waals surface area (Å²) in [7, 11) is 1.57. The van der Waals surface area contributed by atoms with Crippen LogP contribution in [0.15, 0.2) is 47.1 Å². The van der Waals surface area contributed by atoms with Gasteiger partial charge in [-0.15, -0.1) is 0 Å². The molecule has 1 aromatic heterocycles. The highest BCUT2D eigenvalue weighted by molar-refractivity contribution is 6.01. The molecule has 148 valence electrons. The monoisotopic (exact) mass is 385 g/mol. The Balaban J connectivity index is 1.52. The normalized spacial score (nSPS) is 17.3. The molecule has 3 rings (SSSR count). The van der Waals surface area contributed by atoms with Gasteiger partial charge in [0.2, 0.25) is 17.7 Å². The Labute approximate surface area is 162 Å². The summed E-state index contributed by atoms with van der Waals surface area (Å²) in [5, 5.41) is 5.38. The molecule has 1 aliphatic rings. The lowest BCUT2D eigenvalue weighted by Crippen LogP contribution is -2.46. The van der Waals surface area contributed by atoms with Crippen LogP contribution < -0.4 is 20.3 Å². The number of rotatable bonds is 7. The molecule has 8 nitrogen and oxygen atoms in total. The van der Waals surface area contributed by atoms with Crippen molar-refractivity contribution in [2.75, 3.05) is 18.6 Å². The van der Waals surface area contributed by atoms with Gasteiger partial charge in [0.15, 0.2) is 0 Å². The third-order valence-corrected chi connectivity index (χ3v) is 4.65. The third-order valence-electron chi connectivity index (χ3n) is 4.65. The second-order valence-electron chi connectivity index (χ2n) is 6.63. The molecular weight excluding hydrogens is 362 g/mol. The second kappa shape index (κ2) is 8.60. The van der Waals surface area contributed by atoms with Crippen molar-refractivity contribution >= 4 is 23.4 Å². The number of carbonyl (C=O) groups is 3. The molecule has 8 heteroatoms. The zero-order chi connectivity index (χ0) is 20.1. The first-order valence-electron chi connectivity index (χ1n) is 9.03. The first kappa shape index (κ1) is 19.5. The van der Waals surface area contributed by atoms with Gasteiger partial charge in [-0.1, -0.05) is 0 Å². The highest BCUT2D eigenvalue weighted by Crippen LogP contribution is 2.27. The number of methoxy groups -OCH3 is 1. The molecule has 2 aromatic rings. The summed E-state index contributed by atoms with van der Waals surface area (Å²) in [5.41, 5.74) is 0.713. The number of hydrogen-bond acceptors (Lipinski definition) is 5. The number of hydrogen-bond donors (Lipinski definition) is 2. The van der Waals surface area contributed by atoms with Crippen molar-refractivity contribution in [2.45, 2.75) is 25.9 Å². The van der Waals surface area contributed by atoms with Gasteiger partial charge in [-0.2, -0.15) is 0 Å². The van der Waals surface area contributed by atoms with Crippen LogP contribution >= 0.6 is 0 Å². The first-order chi connectivity index (χ1) is 13.5. The molecule has 1 saturated heterocycles. The van der Waals surface area contributed by atoms with Crippen LogP contribution in [0.4, 0.5) is 5.69 Å². The van der Waals surface area contributed by atoms with Crippen LogP contribution in [0.1, 0.15) is 19.1 Å². The van der Waals surface area contributed by atoms with E-state index in [1.165, 1.54) is 6.26 Å². The number of amides is 3. The van der Waals surface area contributed by atoms with Crippen molar-refractivity contribution in [1.82, 2.24) is 10.6 Å². The van der Waals surface area contributed by atoms with Crippen LogP contribution in [0, 0.1) is 5.92 Å². The van der Waals surface area contributed by atoms with E-state index in [2.05, 4.69) is 10.6 Å². The van der Waals surface area contributed by atoms with E-state index in [9.17, 15) is 14.4 Å². The zero-order valence-electron chi connectivity index (χ0n) is 15.8. The van der Waals surface area contributed by atoms with E-state index in [1.54, 1.807) is 55.3 Å². The Bertz CT molecular complexity index is 832. The molecule has 0 spiro atoms. The topological polar surface area (TPSA) is 101 Å². The summed E-state index contributed by atoms with van der Waals surface area (Å²) in [6.45, 7) is 2.13. The lowest BCUT2D eigenvalue weighted by molar-refractivity contribution is -0.131. The fourth-order valence-electron chi connectivity index (χ4n) is 3.03. The quantitative estimate of drug-likeness (QED) is 0.752. The minimum Gasteiger partial charge on any atom is -0.497 e. The Morgan fingerprint density at radius 2 is 2.04 bits per heavy atom. The predicted octanol–water partition coefficient (Wildman–Crippen LogP) is 1.46. The number of nitrogens with zero attached hydrogens (tertiary/aromatic N) is 1. The third kappa shape index (κ3) is 4.51. The van der Waals surface area contributed by atoms with Gasteiger partial charge >= 0.3 is 0 Å². The van der Waals surface area contributed by atoms with E-state index >= 15 is 0 Å². The van der Waals surface area contributed by atoms with Gasteiger partial charge in [-0.05, 0) is 43.3 Å². The summed E-state index contributed by atoms with van der Waals surface area (Å²) in [6, 6.07) is 9.86. The van der Waals surface area contributed by atoms with Gasteiger partial charge in [0.1, 0.15) is 17.6 Å². The van der Waals surface area contributed by atoms with Crippen LogP contribution in [0.25, 0.3) is 0 Å². The summed E-state index contributed by atoms with van der Waals surface area (Å²) < 4.78 is 10.3. The lowest BCUT2D eigenvalue weighted by atomic mass is 10.1. The minimum absolute atomic E-state index is 0.110. The molecule has 2 atom stereocenters. The summed E-state index contributed by atoms with van der Waals surface area (Å²) in [4.78, 5) is 38.5. The van der Waals surface area contributed by atoms with Crippen LogP contribution in [-0.4, -0.2) is 37.4 Å². The van der Waals surface area contributed by atoms with Crippen molar-refractivity contribution in [1.29, 1.82) is 0 Å². The highest BCUT2D eigenvalue weighted by atomic mass is 16.5. The van der Waals surface area contributed by atoms with Crippen LogP contribution in [0.2, 0.25) is 0 Å². The Hall–Kier alpha value is -3.29. The van der Waals surface area contributed by atoms with Gasteiger partial charge in [-0.3, -0.25) is 14.4 Å². The van der Waals surface area contributed by atoms with Gasteiger partial charge in [-0.25, -0.2) is 0 Å². The minimum atomic E-state index is -0.715. The molecule has 1 aromatic carbocycles. The molecular formula is C20H23N3O5.